The first-order valence-corrected chi connectivity index (χ1v) is 27.0. The summed E-state index contributed by atoms with van der Waals surface area (Å²) in [7, 11) is 0. The molecule has 1 saturated heterocycles. The molecule has 2 aliphatic heterocycles. The van der Waals surface area contributed by atoms with Crippen LogP contribution < -0.4 is 50.6 Å². The first-order valence-electron chi connectivity index (χ1n) is 24.9. The molecule has 20 nitrogen and oxygen atoms in total. The fourth-order valence-corrected chi connectivity index (χ4v) is 10.9. The maximum atomic E-state index is 14.4. The van der Waals surface area contributed by atoms with Crippen LogP contribution in [0.15, 0.2) is 59.0 Å². The van der Waals surface area contributed by atoms with Crippen LogP contribution in [0.25, 0.3) is 15.4 Å². The van der Waals surface area contributed by atoms with Gasteiger partial charge in [0, 0.05) is 46.5 Å². The number of aromatic nitrogens is 4. The smallest absolute Gasteiger partial charge is 0.550 e. The van der Waals surface area contributed by atoms with E-state index in [2.05, 4.69) is 45.0 Å². The van der Waals surface area contributed by atoms with Gasteiger partial charge in [-0.15, -0.1) is 32.9 Å². The van der Waals surface area contributed by atoms with Gasteiger partial charge < -0.3 is 49.7 Å². The summed E-state index contributed by atoms with van der Waals surface area (Å²) in [5.74, 6) is -2.79. The minimum absolute atomic E-state index is 0. The number of aliphatic imine (C=N–C) groups is 1. The minimum Gasteiger partial charge on any atom is -0.550 e. The van der Waals surface area contributed by atoms with Crippen molar-refractivity contribution in [2.45, 2.75) is 105 Å². The van der Waals surface area contributed by atoms with Crippen LogP contribution >= 0.6 is 34.3 Å². The zero-order valence-corrected chi connectivity index (χ0v) is 49.0. The number of esters is 1. The van der Waals surface area contributed by atoms with Gasteiger partial charge in [0.15, 0.2) is 5.82 Å². The van der Waals surface area contributed by atoms with Gasteiger partial charge in [-0.25, -0.2) is 4.98 Å². The van der Waals surface area contributed by atoms with Crippen molar-refractivity contribution in [2.75, 3.05) is 52.7 Å². The zero-order valence-electron chi connectivity index (χ0n) is 44.6. The number of halogens is 1. The first-order chi connectivity index (χ1) is 36.3. The van der Waals surface area contributed by atoms with Crippen molar-refractivity contribution in [1.82, 2.24) is 40.6 Å². The fourth-order valence-electron chi connectivity index (χ4n) is 8.75. The topological polar surface area (TPSA) is 258 Å². The average molecular weight is 1120 g/mol. The van der Waals surface area contributed by atoms with Crippen molar-refractivity contribution in [3.05, 3.63) is 104 Å². The number of carbonyl (C=O) groups is 6. The van der Waals surface area contributed by atoms with Crippen LogP contribution in [0.4, 0.5) is 0 Å². The Morgan fingerprint density at radius 1 is 0.857 bits per heavy atom. The summed E-state index contributed by atoms with van der Waals surface area (Å²) >= 11 is 9.40. The van der Waals surface area contributed by atoms with Gasteiger partial charge in [-0.3, -0.25) is 33.5 Å². The Morgan fingerprint density at radius 3 is 2.19 bits per heavy atom. The Morgan fingerprint density at radius 2 is 1.53 bits per heavy atom. The number of hydrogen-bond donors (Lipinski definition) is 3. The van der Waals surface area contributed by atoms with Crippen LogP contribution in [0.2, 0.25) is 5.02 Å². The minimum atomic E-state index is -1.41. The molecule has 77 heavy (non-hydrogen) atoms. The molecular weight excluding hydrogens is 1060 g/mol. The number of thiophene rings is 1. The maximum absolute atomic E-state index is 14.4. The molecule has 0 spiro atoms. The van der Waals surface area contributed by atoms with E-state index in [-0.39, 0.29) is 108 Å². The molecule has 7 rings (SSSR count). The van der Waals surface area contributed by atoms with E-state index in [0.717, 1.165) is 54.0 Å². The van der Waals surface area contributed by atoms with Gasteiger partial charge in [0.25, 0.3) is 0 Å². The number of carboxylic acids is 1. The molecule has 0 aliphatic carbocycles. The van der Waals surface area contributed by atoms with Crippen LogP contribution in [-0.2, 0) is 54.3 Å². The van der Waals surface area contributed by atoms with E-state index < -0.39 is 72.1 Å². The molecule has 4 amide bonds. The van der Waals surface area contributed by atoms with Gasteiger partial charge >= 0.3 is 35.5 Å². The van der Waals surface area contributed by atoms with Crippen molar-refractivity contribution in [2.24, 2.45) is 10.4 Å². The number of nitrogens with zero attached hydrogens (tertiary/aromatic N) is 6. The Bertz CT molecular complexity index is 2920. The molecule has 0 saturated carbocycles. The number of benzene rings is 2. The van der Waals surface area contributed by atoms with Crippen molar-refractivity contribution in [1.29, 1.82) is 0 Å². The van der Waals surface area contributed by atoms with Crippen molar-refractivity contribution >= 4 is 75.6 Å². The second kappa shape index (κ2) is 27.9. The predicted octanol–water partition coefficient (Wildman–Crippen LogP) is 1.68. The normalized spacial score (nSPS) is 16.3. The van der Waals surface area contributed by atoms with Crippen LogP contribution in [0.3, 0.4) is 0 Å². The number of rotatable bonds is 24. The predicted molar refractivity (Wildman–Crippen MR) is 283 cm³/mol. The van der Waals surface area contributed by atoms with Crippen molar-refractivity contribution in [3.8, 4) is 15.4 Å². The van der Waals surface area contributed by atoms with Gasteiger partial charge in [0.05, 0.1) is 74.2 Å². The number of carboxylic acid groups (broad SMARTS) is 1. The third-order valence-corrected chi connectivity index (χ3v) is 15.2. The summed E-state index contributed by atoms with van der Waals surface area (Å²) in [5, 5.41) is 30.0. The van der Waals surface area contributed by atoms with E-state index in [1.165, 1.54) is 16.2 Å². The second-order valence-corrected chi connectivity index (χ2v) is 22.0. The molecule has 5 heterocycles. The summed E-state index contributed by atoms with van der Waals surface area (Å²) < 4.78 is 24.4. The van der Waals surface area contributed by atoms with E-state index in [4.69, 9.17) is 35.5 Å². The van der Waals surface area contributed by atoms with Gasteiger partial charge in [0.1, 0.15) is 41.7 Å². The largest absolute Gasteiger partial charge is 1.00 e. The number of ether oxygens (including phenoxy) is 4. The molecule has 0 bridgehead atoms. The molecule has 3 N–H and O–H groups in total. The summed E-state index contributed by atoms with van der Waals surface area (Å²) in [6.07, 6.45) is -1.88. The van der Waals surface area contributed by atoms with Crippen LogP contribution in [-0.4, -0.2) is 137 Å². The first kappa shape index (κ1) is 60.8. The molecule has 1 fully saturated rings. The summed E-state index contributed by atoms with van der Waals surface area (Å²) in [6.45, 7) is 14.0. The van der Waals surface area contributed by atoms with E-state index >= 15 is 0 Å². The zero-order chi connectivity index (χ0) is 54.7. The fraction of sp³-hybridized carbons (Fsp3) is 0.472. The molecule has 24 heteroatoms. The van der Waals surface area contributed by atoms with Crippen LogP contribution in [0, 0.1) is 33.1 Å². The molecule has 4 atom stereocenters. The number of fused-ring (bicyclic) bond motifs is 3. The van der Waals surface area contributed by atoms with Crippen LogP contribution in [0.5, 0.6) is 0 Å². The molecular formula is C53H63ClN9NaO11S2. The molecule has 5 aromatic rings. The number of nitrogens with one attached hydrogen (secondary N) is 3. The number of hydrogen-bond acceptors (Lipinski definition) is 17. The summed E-state index contributed by atoms with van der Waals surface area (Å²) in [5.41, 5.74) is 7.39. The molecule has 2 aliphatic rings. The second-order valence-electron chi connectivity index (χ2n) is 19.5. The van der Waals surface area contributed by atoms with Gasteiger partial charge in [0.2, 0.25) is 23.6 Å². The number of thiazole rings is 1. The number of likely N-dealkylation sites (tertiary alicyclic amines) is 1. The van der Waals surface area contributed by atoms with E-state index in [9.17, 15) is 33.9 Å². The van der Waals surface area contributed by atoms with E-state index in [0.29, 0.717) is 16.7 Å². The summed E-state index contributed by atoms with van der Waals surface area (Å²) in [6, 6.07) is 12.4. The van der Waals surface area contributed by atoms with E-state index in [1.54, 1.807) is 37.6 Å². The SMILES string of the molecule is Cc1ncsc1-c1ccc(CNC(=O)[C@@H]2C[C@@H](OC(=O)CCC(=O)[O-])CN2C(=O)[C@@H](NC(=O)COCCOCCOCCNC(=O)C[C@@H]2N=C(c3ccc(Cl)cc3)c3c(sc(C)c3C)-n3c(C)nnc32)C(C)(C)C)cc1.[Na+]. The molecule has 0 unspecified atom stereocenters. The third-order valence-electron chi connectivity index (χ3n) is 12.8. The van der Waals surface area contributed by atoms with Gasteiger partial charge in [-0.2, -0.15) is 0 Å². The Kier molecular flexibility index (Phi) is 22.1. The number of amides is 4. The van der Waals surface area contributed by atoms with Crippen molar-refractivity contribution < 1.29 is 82.4 Å². The molecule has 0 radical (unpaired) electrons. The molecule has 406 valence electrons. The maximum Gasteiger partial charge on any atom is 1.00 e. The Balaban J connectivity index is 0.00000961. The van der Waals surface area contributed by atoms with Crippen molar-refractivity contribution in [3.63, 3.8) is 0 Å². The third kappa shape index (κ3) is 16.1. The van der Waals surface area contributed by atoms with Gasteiger partial charge in [-0.05, 0) is 68.4 Å². The van der Waals surface area contributed by atoms with Crippen LogP contribution in [0.1, 0.15) is 97.0 Å². The standard InChI is InChI=1S/C53H64ClN9O11S2.Na/c1-30-32(3)76-52-45(30)46(35-12-14-37(54)15-13-35)58-39(49-61-60-33(4)63(49)52)25-41(64)55-18-19-71-20-21-72-22-23-73-28-42(65)59-48(53(5,6)7)51(70)62-27-38(74-44(68)17-16-43(66)67)24-40(62)50(69)56-26-34-8-10-36(11-9-34)47-31(2)57-29-75-47;/h8-15,29,38-40,48H,16-28H2,1-7H3,(H,55,64)(H,56,69)(H,59,65)(H,66,67);/q;+1/p-1/t38-,39+,40+,48-;/m1./s1. The monoisotopic (exact) mass is 1120 g/mol. The quantitative estimate of drug-likeness (QED) is 0.0452. The van der Waals surface area contributed by atoms with E-state index in [1.807, 2.05) is 66.9 Å². The average Bonchev–Trinajstić information content (AvgIpc) is 4.19. The van der Waals surface area contributed by atoms with Gasteiger partial charge in [-0.1, -0.05) is 68.8 Å². The number of aryl methyl sites for hydroxylation is 3. The molecule has 3 aromatic heterocycles. The molecule has 2 aromatic carbocycles. The number of carbonyl (C=O) groups excluding carboxylic acids is 6. The summed E-state index contributed by atoms with van der Waals surface area (Å²) in [4.78, 5) is 91.2. The number of aliphatic carboxylic acids is 1. The Hall–Kier alpha value is -5.43. The Labute approximate surface area is 482 Å².